The van der Waals surface area contributed by atoms with Crippen molar-refractivity contribution in [3.8, 4) is 44.5 Å². The van der Waals surface area contributed by atoms with Gasteiger partial charge in [0.1, 0.15) is 0 Å². The molecule has 2 aliphatic carbocycles. The highest BCUT2D eigenvalue weighted by atomic mass is 32.1. The van der Waals surface area contributed by atoms with Gasteiger partial charge in [0.05, 0.1) is 10.4 Å². The van der Waals surface area contributed by atoms with E-state index < -0.39 is 0 Å². The van der Waals surface area contributed by atoms with Crippen LogP contribution in [0.1, 0.15) is 49.9 Å². The van der Waals surface area contributed by atoms with Crippen LogP contribution in [0, 0.1) is 0 Å². The largest absolute Gasteiger partial charge is 0.309 e. The summed E-state index contributed by atoms with van der Waals surface area (Å²) in [5, 5.41) is 2.60. The van der Waals surface area contributed by atoms with Crippen molar-refractivity contribution in [3.63, 3.8) is 0 Å². The molecule has 0 amide bonds. The van der Waals surface area contributed by atoms with Crippen LogP contribution in [0.4, 0.5) is 17.1 Å². The predicted octanol–water partition coefficient (Wildman–Crippen LogP) is 15.5. The number of hydrogen-bond acceptors (Lipinski definition) is 2. The van der Waals surface area contributed by atoms with E-state index in [0.717, 1.165) is 11.4 Å². The normalized spacial score (nSPS) is 14.4. The average molecular weight is 736 g/mol. The fourth-order valence-corrected chi connectivity index (χ4v) is 11.1. The predicted molar refractivity (Wildman–Crippen MR) is 240 cm³/mol. The second kappa shape index (κ2) is 12.1. The molecule has 2 aliphatic rings. The highest BCUT2D eigenvalue weighted by molar-refractivity contribution is 7.26. The number of benzene rings is 8. The zero-order valence-electron chi connectivity index (χ0n) is 32.1. The van der Waals surface area contributed by atoms with Crippen LogP contribution >= 0.6 is 11.3 Å². The van der Waals surface area contributed by atoms with Gasteiger partial charge in [0.25, 0.3) is 0 Å². The Morgan fingerprint density at radius 3 is 1.79 bits per heavy atom. The van der Waals surface area contributed by atoms with Gasteiger partial charge in [-0.3, -0.25) is 0 Å². The number of thiophene rings is 1. The summed E-state index contributed by atoms with van der Waals surface area (Å²) in [6, 6.07) is 65.7. The minimum Gasteiger partial charge on any atom is -0.309 e. The van der Waals surface area contributed by atoms with Crippen molar-refractivity contribution in [2.75, 3.05) is 4.90 Å². The van der Waals surface area contributed by atoms with Gasteiger partial charge in [0.2, 0.25) is 0 Å². The molecule has 0 unspecified atom stereocenters. The third-order valence-electron chi connectivity index (χ3n) is 12.6. The van der Waals surface area contributed by atoms with Crippen LogP contribution in [-0.4, -0.2) is 0 Å². The number of fused-ring (bicyclic) bond motifs is 9. The van der Waals surface area contributed by atoms with Gasteiger partial charge in [0, 0.05) is 37.7 Å². The lowest BCUT2D eigenvalue weighted by Crippen LogP contribution is -2.17. The summed E-state index contributed by atoms with van der Waals surface area (Å²) < 4.78 is 2.60. The van der Waals surface area contributed by atoms with Crippen LogP contribution in [0.3, 0.4) is 0 Å². The lowest BCUT2D eigenvalue weighted by Gasteiger charge is -2.30. The van der Waals surface area contributed by atoms with Crippen LogP contribution in [0.2, 0.25) is 0 Å². The fraction of sp³-hybridized carbons (Fsp3) is 0.111. The number of anilines is 3. The van der Waals surface area contributed by atoms with Crippen molar-refractivity contribution in [1.29, 1.82) is 0 Å². The smallest absolute Gasteiger partial charge is 0.0640 e. The molecule has 56 heavy (non-hydrogen) atoms. The molecule has 1 nitrogen and oxygen atoms in total. The van der Waals surface area contributed by atoms with E-state index in [1.54, 1.807) is 0 Å². The molecule has 0 saturated heterocycles. The Kier molecular flexibility index (Phi) is 7.18. The second-order valence-electron chi connectivity index (χ2n) is 16.5. The minimum atomic E-state index is -0.139. The summed E-state index contributed by atoms with van der Waals surface area (Å²) >= 11 is 1.88. The van der Waals surface area contributed by atoms with Crippen molar-refractivity contribution in [2.24, 2.45) is 0 Å². The van der Waals surface area contributed by atoms with E-state index in [4.69, 9.17) is 0 Å². The van der Waals surface area contributed by atoms with Crippen molar-refractivity contribution in [2.45, 2.75) is 38.5 Å². The van der Waals surface area contributed by atoms with Crippen molar-refractivity contribution in [3.05, 3.63) is 198 Å². The van der Waals surface area contributed by atoms with Gasteiger partial charge in [-0.2, -0.15) is 0 Å². The molecule has 11 rings (SSSR count). The summed E-state index contributed by atoms with van der Waals surface area (Å²) in [6.07, 6.45) is 0. The van der Waals surface area contributed by atoms with Crippen LogP contribution in [0.5, 0.6) is 0 Å². The molecule has 1 aromatic heterocycles. The van der Waals surface area contributed by atoms with E-state index in [2.05, 4.69) is 209 Å². The van der Waals surface area contributed by atoms with E-state index >= 15 is 0 Å². The molecular weight excluding hydrogens is 695 g/mol. The molecule has 1 heterocycles. The van der Waals surface area contributed by atoms with E-state index in [9.17, 15) is 0 Å². The molecule has 268 valence electrons. The van der Waals surface area contributed by atoms with Crippen LogP contribution in [-0.2, 0) is 10.8 Å². The SMILES string of the molecule is CC1(C)c2ccccc2-c2ccc(-c3ccc(N(c4cc(-c5ccccc5)c5c(c4)-c4ccccc4C5(C)C)c4cccc5c4sc4ccccc45)cc3)cc21. The zero-order chi connectivity index (χ0) is 37.8. The highest BCUT2D eigenvalue weighted by Gasteiger charge is 2.39. The van der Waals surface area contributed by atoms with Gasteiger partial charge in [-0.15, -0.1) is 11.3 Å². The van der Waals surface area contributed by atoms with E-state index in [0.29, 0.717) is 0 Å². The summed E-state index contributed by atoms with van der Waals surface area (Å²) in [4.78, 5) is 2.50. The standard InChI is InChI=1S/C54H41NS/c1-53(2)46-21-11-8-17-39(46)41-30-27-36(31-48(41)53)34-25-28-37(29-26-34)55(49-23-14-20-43-42-19-10-13-24-50(42)56-52(43)49)38-32-44(35-15-6-5-7-16-35)51-45(33-38)40-18-9-12-22-47(40)54(51,3)4/h5-33H,1-4H3. The molecule has 9 aromatic rings. The average Bonchev–Trinajstić information content (AvgIpc) is 3.81. The summed E-state index contributed by atoms with van der Waals surface area (Å²) in [6.45, 7) is 9.49. The molecular formula is C54H41NS. The van der Waals surface area contributed by atoms with Crippen LogP contribution in [0.25, 0.3) is 64.7 Å². The molecule has 0 fully saturated rings. The quantitative estimate of drug-likeness (QED) is 0.170. The lowest BCUT2D eigenvalue weighted by atomic mass is 9.78. The number of hydrogen-bond donors (Lipinski definition) is 0. The Morgan fingerprint density at radius 1 is 0.393 bits per heavy atom. The Bertz CT molecular complexity index is 3020. The van der Waals surface area contributed by atoms with Gasteiger partial charge in [-0.05, 0) is 109 Å². The number of rotatable bonds is 5. The van der Waals surface area contributed by atoms with Crippen molar-refractivity contribution >= 4 is 48.6 Å². The molecule has 0 radical (unpaired) electrons. The van der Waals surface area contributed by atoms with Crippen LogP contribution < -0.4 is 4.90 Å². The van der Waals surface area contributed by atoms with Gasteiger partial charge in [-0.25, -0.2) is 0 Å². The van der Waals surface area contributed by atoms with E-state index in [1.165, 1.54) is 92.6 Å². The van der Waals surface area contributed by atoms with Crippen molar-refractivity contribution < 1.29 is 0 Å². The Morgan fingerprint density at radius 2 is 1.00 bits per heavy atom. The molecule has 2 heteroatoms. The molecule has 0 saturated carbocycles. The topological polar surface area (TPSA) is 3.24 Å². The van der Waals surface area contributed by atoms with Gasteiger partial charge in [-0.1, -0.05) is 161 Å². The van der Waals surface area contributed by atoms with Gasteiger partial charge >= 0.3 is 0 Å². The molecule has 0 N–H and O–H groups in total. The highest BCUT2D eigenvalue weighted by Crippen LogP contribution is 2.55. The summed E-state index contributed by atoms with van der Waals surface area (Å²) in [5.41, 5.74) is 19.2. The van der Waals surface area contributed by atoms with E-state index in [1.807, 2.05) is 11.3 Å². The first-order chi connectivity index (χ1) is 27.3. The Labute approximate surface area is 333 Å². The molecule has 0 aliphatic heterocycles. The second-order valence-corrected chi connectivity index (χ2v) is 17.6. The van der Waals surface area contributed by atoms with Gasteiger partial charge < -0.3 is 4.90 Å². The minimum absolute atomic E-state index is 0.0428. The first kappa shape index (κ1) is 33.1. The molecule has 0 spiro atoms. The third-order valence-corrected chi connectivity index (χ3v) is 13.9. The molecule has 0 atom stereocenters. The lowest BCUT2D eigenvalue weighted by molar-refractivity contribution is 0.660. The number of nitrogens with zero attached hydrogens (tertiary/aromatic N) is 1. The zero-order valence-corrected chi connectivity index (χ0v) is 32.9. The third kappa shape index (κ3) is 4.79. The fourth-order valence-electron chi connectivity index (χ4n) is 9.91. The molecule has 0 bridgehead atoms. The van der Waals surface area contributed by atoms with E-state index in [-0.39, 0.29) is 10.8 Å². The van der Waals surface area contributed by atoms with Crippen molar-refractivity contribution in [1.82, 2.24) is 0 Å². The first-order valence-electron chi connectivity index (χ1n) is 19.7. The Hall–Kier alpha value is -6.22. The maximum Gasteiger partial charge on any atom is 0.0640 e. The summed E-state index contributed by atoms with van der Waals surface area (Å²) in [5.74, 6) is 0. The van der Waals surface area contributed by atoms with Gasteiger partial charge in [0.15, 0.2) is 0 Å². The monoisotopic (exact) mass is 735 g/mol. The first-order valence-corrected chi connectivity index (χ1v) is 20.5. The Balaban J connectivity index is 1.12. The van der Waals surface area contributed by atoms with Crippen LogP contribution in [0.15, 0.2) is 176 Å². The maximum absolute atomic E-state index is 2.50. The maximum atomic E-state index is 2.50. The molecule has 8 aromatic carbocycles. The summed E-state index contributed by atoms with van der Waals surface area (Å²) in [7, 11) is 0.